The van der Waals surface area contributed by atoms with Gasteiger partial charge in [-0.05, 0) is 55.3 Å². The molecule has 2 N–H and O–H groups in total. The van der Waals surface area contributed by atoms with Gasteiger partial charge >= 0.3 is 0 Å². The molecule has 1 aromatic heterocycles. The van der Waals surface area contributed by atoms with Crippen molar-refractivity contribution in [2.24, 2.45) is 0 Å². The monoisotopic (exact) mass is 393 g/mol. The number of nitrogens with zero attached hydrogens (tertiary/aromatic N) is 3. The fourth-order valence-corrected chi connectivity index (χ4v) is 3.34. The Morgan fingerprint density at radius 1 is 1.00 bits per heavy atom. The van der Waals surface area contributed by atoms with E-state index in [0.29, 0.717) is 16.7 Å². The second kappa shape index (κ2) is 8.27. The first-order chi connectivity index (χ1) is 13.7. The van der Waals surface area contributed by atoms with Gasteiger partial charge in [-0.25, -0.2) is 9.97 Å². The van der Waals surface area contributed by atoms with Crippen LogP contribution in [0, 0.1) is 0 Å². The first-order valence-electron chi connectivity index (χ1n) is 9.20. The van der Waals surface area contributed by atoms with Crippen molar-refractivity contribution < 1.29 is 4.79 Å². The zero-order valence-electron chi connectivity index (χ0n) is 15.2. The molecule has 0 bridgehead atoms. The van der Waals surface area contributed by atoms with Crippen LogP contribution in [0.4, 0.5) is 23.0 Å². The Morgan fingerprint density at radius 2 is 1.75 bits per heavy atom. The van der Waals surface area contributed by atoms with Gasteiger partial charge in [-0.15, -0.1) is 0 Å². The predicted molar refractivity (Wildman–Crippen MR) is 113 cm³/mol. The van der Waals surface area contributed by atoms with Gasteiger partial charge in [-0.2, -0.15) is 0 Å². The fourth-order valence-electron chi connectivity index (χ4n) is 3.15. The van der Waals surface area contributed by atoms with Crippen LogP contribution >= 0.6 is 11.6 Å². The Morgan fingerprint density at radius 3 is 2.50 bits per heavy atom. The number of rotatable bonds is 5. The van der Waals surface area contributed by atoms with Gasteiger partial charge in [-0.1, -0.05) is 23.7 Å². The molecule has 0 saturated carbocycles. The topological polar surface area (TPSA) is 70.2 Å². The summed E-state index contributed by atoms with van der Waals surface area (Å²) in [5.74, 6) is 0.0173. The number of hydrogen-bond acceptors (Lipinski definition) is 5. The second-order valence-corrected chi connectivity index (χ2v) is 6.97. The van der Waals surface area contributed by atoms with Gasteiger partial charge in [0, 0.05) is 30.7 Å². The molecule has 0 spiro atoms. The molecule has 7 heteroatoms. The van der Waals surface area contributed by atoms with Gasteiger partial charge in [-0.3, -0.25) is 4.79 Å². The molecule has 3 aromatic rings. The summed E-state index contributed by atoms with van der Waals surface area (Å²) in [5, 5.41) is 6.38. The molecule has 28 heavy (non-hydrogen) atoms. The number of carbonyl (C=O) groups excluding carboxylic acids is 1. The third-order valence-corrected chi connectivity index (χ3v) is 4.93. The SMILES string of the molecule is O=C(Nc1ccccc1Cl)c1ccnc(Nc2ccc(N3CCCC3)cc2)n1. The van der Waals surface area contributed by atoms with E-state index in [-0.39, 0.29) is 11.6 Å². The summed E-state index contributed by atoms with van der Waals surface area (Å²) in [5.41, 5.74) is 2.88. The van der Waals surface area contributed by atoms with Crippen molar-refractivity contribution in [3.05, 3.63) is 71.5 Å². The number of nitrogens with one attached hydrogen (secondary N) is 2. The first kappa shape index (κ1) is 18.3. The van der Waals surface area contributed by atoms with Crippen molar-refractivity contribution in [3.8, 4) is 0 Å². The molecule has 6 nitrogen and oxygen atoms in total. The van der Waals surface area contributed by atoms with Crippen LogP contribution in [-0.4, -0.2) is 29.0 Å². The normalized spacial score (nSPS) is 13.4. The highest BCUT2D eigenvalue weighted by Gasteiger charge is 2.13. The molecule has 0 unspecified atom stereocenters. The first-order valence-corrected chi connectivity index (χ1v) is 9.58. The quantitative estimate of drug-likeness (QED) is 0.656. The maximum absolute atomic E-state index is 12.5. The number of anilines is 4. The molecular formula is C21H20ClN5O. The number of aromatic nitrogens is 2. The van der Waals surface area contributed by atoms with Crippen molar-refractivity contribution in [3.63, 3.8) is 0 Å². The van der Waals surface area contributed by atoms with E-state index in [1.165, 1.54) is 18.5 Å². The van der Waals surface area contributed by atoms with E-state index >= 15 is 0 Å². The van der Waals surface area contributed by atoms with Crippen LogP contribution in [0.1, 0.15) is 23.3 Å². The Kier molecular flexibility index (Phi) is 5.39. The minimum Gasteiger partial charge on any atom is -0.372 e. The van der Waals surface area contributed by atoms with Crippen LogP contribution in [0.3, 0.4) is 0 Å². The maximum Gasteiger partial charge on any atom is 0.274 e. The summed E-state index contributed by atoms with van der Waals surface area (Å²) in [6.07, 6.45) is 4.04. The van der Waals surface area contributed by atoms with Crippen molar-refractivity contribution in [2.45, 2.75) is 12.8 Å². The molecule has 1 saturated heterocycles. The van der Waals surface area contributed by atoms with Crippen molar-refractivity contribution in [1.29, 1.82) is 0 Å². The van der Waals surface area contributed by atoms with E-state index in [1.807, 2.05) is 12.1 Å². The molecule has 1 aliphatic heterocycles. The number of hydrogen-bond donors (Lipinski definition) is 2. The van der Waals surface area contributed by atoms with Crippen LogP contribution in [0.5, 0.6) is 0 Å². The molecule has 1 amide bonds. The third-order valence-electron chi connectivity index (χ3n) is 4.60. The second-order valence-electron chi connectivity index (χ2n) is 6.57. The highest BCUT2D eigenvalue weighted by molar-refractivity contribution is 6.33. The number of amides is 1. The molecule has 0 aliphatic carbocycles. The number of benzene rings is 2. The molecule has 1 aliphatic rings. The van der Waals surface area contributed by atoms with Crippen molar-refractivity contribution in [1.82, 2.24) is 9.97 Å². The van der Waals surface area contributed by atoms with Crippen LogP contribution in [0.25, 0.3) is 0 Å². The van der Waals surface area contributed by atoms with Crippen molar-refractivity contribution in [2.75, 3.05) is 28.6 Å². The van der Waals surface area contributed by atoms with E-state index in [4.69, 9.17) is 11.6 Å². The molecule has 2 aromatic carbocycles. The number of halogens is 1. The summed E-state index contributed by atoms with van der Waals surface area (Å²) in [6.45, 7) is 2.22. The number of para-hydroxylation sites is 1. The zero-order chi connectivity index (χ0) is 19.3. The molecule has 4 rings (SSSR count). The molecule has 1 fully saturated rings. The lowest BCUT2D eigenvalue weighted by atomic mass is 10.2. The summed E-state index contributed by atoms with van der Waals surface area (Å²) in [4.78, 5) is 23.4. The minimum absolute atomic E-state index is 0.256. The summed E-state index contributed by atoms with van der Waals surface area (Å²) < 4.78 is 0. The van der Waals surface area contributed by atoms with Gasteiger partial charge in [0.05, 0.1) is 10.7 Å². The highest BCUT2D eigenvalue weighted by atomic mass is 35.5. The Labute approximate surface area is 168 Å². The van der Waals surface area contributed by atoms with Crippen molar-refractivity contribution >= 4 is 40.5 Å². The van der Waals surface area contributed by atoms with E-state index < -0.39 is 0 Å². The van der Waals surface area contributed by atoms with Crippen LogP contribution in [-0.2, 0) is 0 Å². The van der Waals surface area contributed by atoms with E-state index in [0.717, 1.165) is 18.8 Å². The lowest BCUT2D eigenvalue weighted by Crippen LogP contribution is -2.17. The molecule has 142 valence electrons. The highest BCUT2D eigenvalue weighted by Crippen LogP contribution is 2.24. The van der Waals surface area contributed by atoms with Crippen LogP contribution in [0.15, 0.2) is 60.8 Å². The van der Waals surface area contributed by atoms with Gasteiger partial charge < -0.3 is 15.5 Å². The van der Waals surface area contributed by atoms with Gasteiger partial charge in [0.1, 0.15) is 5.69 Å². The molecule has 2 heterocycles. The van der Waals surface area contributed by atoms with E-state index in [9.17, 15) is 4.79 Å². The smallest absolute Gasteiger partial charge is 0.274 e. The average molecular weight is 394 g/mol. The van der Waals surface area contributed by atoms with Gasteiger partial charge in [0.15, 0.2) is 0 Å². The standard InChI is InChI=1S/C21H20ClN5O/c22-17-5-1-2-6-18(17)25-20(28)19-11-12-23-21(26-19)24-15-7-9-16(10-8-15)27-13-3-4-14-27/h1-2,5-12H,3-4,13-14H2,(H,25,28)(H,23,24,26). The minimum atomic E-state index is -0.345. The summed E-state index contributed by atoms with van der Waals surface area (Å²) in [7, 11) is 0. The van der Waals surface area contributed by atoms with E-state index in [2.05, 4.69) is 37.6 Å². The summed E-state index contributed by atoms with van der Waals surface area (Å²) in [6, 6.07) is 16.8. The zero-order valence-corrected chi connectivity index (χ0v) is 16.0. The van der Waals surface area contributed by atoms with E-state index in [1.54, 1.807) is 36.5 Å². The molecule has 0 radical (unpaired) electrons. The average Bonchev–Trinajstić information content (AvgIpc) is 3.25. The van der Waals surface area contributed by atoms with Gasteiger partial charge in [0.25, 0.3) is 5.91 Å². The molecular weight excluding hydrogens is 374 g/mol. The Bertz CT molecular complexity index is 971. The number of carbonyl (C=O) groups is 1. The van der Waals surface area contributed by atoms with Crippen LogP contribution in [0.2, 0.25) is 5.02 Å². The predicted octanol–water partition coefficient (Wildman–Crippen LogP) is 4.73. The summed E-state index contributed by atoms with van der Waals surface area (Å²) >= 11 is 6.09. The lowest BCUT2D eigenvalue weighted by Gasteiger charge is -2.17. The third kappa shape index (κ3) is 4.23. The Hall–Kier alpha value is -3.12. The van der Waals surface area contributed by atoms with Crippen LogP contribution < -0.4 is 15.5 Å². The lowest BCUT2D eigenvalue weighted by molar-refractivity contribution is 0.102. The maximum atomic E-state index is 12.5. The largest absolute Gasteiger partial charge is 0.372 e. The Balaban J connectivity index is 1.44. The molecule has 0 atom stereocenters. The fraction of sp³-hybridized carbons (Fsp3) is 0.190. The van der Waals surface area contributed by atoms with Gasteiger partial charge in [0.2, 0.25) is 5.95 Å².